The lowest BCUT2D eigenvalue weighted by molar-refractivity contribution is -0.142. The molecule has 1 heterocycles. The molecule has 6 heteroatoms. The van der Waals surface area contributed by atoms with Crippen LogP contribution >= 0.6 is 0 Å². The van der Waals surface area contributed by atoms with Crippen molar-refractivity contribution < 1.29 is 19.8 Å². The van der Waals surface area contributed by atoms with Crippen LogP contribution in [0.4, 0.5) is 0 Å². The van der Waals surface area contributed by atoms with Crippen LogP contribution in [0.2, 0.25) is 0 Å². The van der Waals surface area contributed by atoms with E-state index in [-0.39, 0.29) is 23.0 Å². The van der Waals surface area contributed by atoms with E-state index in [4.69, 9.17) is 0 Å². The van der Waals surface area contributed by atoms with Crippen molar-refractivity contribution in [2.45, 2.75) is 51.0 Å². The fourth-order valence-corrected chi connectivity index (χ4v) is 5.73. The largest absolute Gasteiger partial charge is 0.508 e. The third kappa shape index (κ3) is 7.48. The third-order valence-corrected chi connectivity index (χ3v) is 8.43. The predicted octanol–water partition coefficient (Wildman–Crippen LogP) is 5.05. The highest BCUT2D eigenvalue weighted by Gasteiger charge is 2.39. The van der Waals surface area contributed by atoms with E-state index in [2.05, 4.69) is 30.1 Å². The van der Waals surface area contributed by atoms with Crippen LogP contribution in [0.1, 0.15) is 43.4 Å². The number of carboxylic acids is 1. The lowest BCUT2D eigenvalue weighted by Crippen LogP contribution is -2.51. The standard InChI is InChI=1S/C33H40N2O4/c1-24-22-35(19-18-33(24,2)28-14-9-15-29(36)21-28)23-27(20-26-12-7-4-8-13-26)31(37)34-30(32(38)39)17-16-25-10-5-3-6-11-25/h3-15,21,24,27,30,36H,16-20,22-23H2,1-2H3,(H,34,37)(H,38,39)/t24-,27-,30-,33+/m0/s1. The summed E-state index contributed by atoms with van der Waals surface area (Å²) in [6.07, 6.45) is 2.38. The van der Waals surface area contributed by atoms with Crippen molar-refractivity contribution in [3.05, 3.63) is 102 Å². The molecule has 3 aromatic rings. The molecule has 0 aliphatic carbocycles. The van der Waals surface area contributed by atoms with Crippen LogP contribution < -0.4 is 5.32 Å². The molecule has 206 valence electrons. The van der Waals surface area contributed by atoms with Gasteiger partial charge in [-0.3, -0.25) is 4.79 Å². The first-order chi connectivity index (χ1) is 18.7. The number of aryl methyl sites for hydroxylation is 1. The van der Waals surface area contributed by atoms with Crippen LogP contribution in [0.25, 0.3) is 0 Å². The lowest BCUT2D eigenvalue weighted by atomic mass is 9.68. The van der Waals surface area contributed by atoms with Gasteiger partial charge in [-0.05, 0) is 72.4 Å². The Balaban J connectivity index is 1.45. The molecule has 6 nitrogen and oxygen atoms in total. The second-order valence-electron chi connectivity index (χ2n) is 11.2. The molecule has 0 aromatic heterocycles. The molecule has 3 N–H and O–H groups in total. The molecule has 0 bridgehead atoms. The van der Waals surface area contributed by atoms with Crippen molar-refractivity contribution in [1.82, 2.24) is 10.2 Å². The topological polar surface area (TPSA) is 89.9 Å². The summed E-state index contributed by atoms with van der Waals surface area (Å²) < 4.78 is 0. The minimum Gasteiger partial charge on any atom is -0.508 e. The van der Waals surface area contributed by atoms with Gasteiger partial charge in [0, 0.05) is 13.1 Å². The number of carbonyl (C=O) groups is 2. The molecule has 0 spiro atoms. The van der Waals surface area contributed by atoms with Gasteiger partial charge in [-0.15, -0.1) is 0 Å². The van der Waals surface area contributed by atoms with Crippen molar-refractivity contribution >= 4 is 11.9 Å². The Morgan fingerprint density at radius 2 is 1.67 bits per heavy atom. The first kappa shape index (κ1) is 28.4. The highest BCUT2D eigenvalue weighted by molar-refractivity contribution is 5.85. The van der Waals surface area contributed by atoms with Gasteiger partial charge in [0.1, 0.15) is 11.8 Å². The molecule has 39 heavy (non-hydrogen) atoms. The Morgan fingerprint density at radius 3 is 2.28 bits per heavy atom. The molecule has 0 radical (unpaired) electrons. The Kier molecular flexibility index (Phi) is 9.41. The monoisotopic (exact) mass is 528 g/mol. The van der Waals surface area contributed by atoms with Gasteiger partial charge in [0.2, 0.25) is 5.91 Å². The molecule has 4 atom stereocenters. The van der Waals surface area contributed by atoms with Crippen LogP contribution in [-0.2, 0) is 27.8 Å². The minimum absolute atomic E-state index is 0.0712. The molecule has 1 aliphatic rings. The van der Waals surface area contributed by atoms with Gasteiger partial charge in [0.05, 0.1) is 5.92 Å². The predicted molar refractivity (Wildman–Crippen MR) is 154 cm³/mol. The number of benzene rings is 3. The number of hydrogen-bond donors (Lipinski definition) is 3. The molecular weight excluding hydrogens is 488 g/mol. The smallest absolute Gasteiger partial charge is 0.326 e. The molecule has 1 fully saturated rings. The fraction of sp³-hybridized carbons (Fsp3) is 0.394. The Morgan fingerprint density at radius 1 is 1.00 bits per heavy atom. The van der Waals surface area contributed by atoms with E-state index < -0.39 is 12.0 Å². The lowest BCUT2D eigenvalue weighted by Gasteiger charge is -2.45. The Labute approximate surface area is 231 Å². The van der Waals surface area contributed by atoms with Gasteiger partial charge in [-0.2, -0.15) is 0 Å². The number of hydrogen-bond acceptors (Lipinski definition) is 4. The van der Waals surface area contributed by atoms with Crippen LogP contribution in [0.15, 0.2) is 84.9 Å². The number of aliphatic carboxylic acids is 1. The number of aromatic hydroxyl groups is 1. The number of phenols is 1. The van der Waals surface area contributed by atoms with E-state index in [1.165, 1.54) is 0 Å². The van der Waals surface area contributed by atoms with Crippen LogP contribution in [0.3, 0.4) is 0 Å². The number of phenolic OH excluding ortho intramolecular Hbond substituents is 1. The molecule has 0 saturated carbocycles. The summed E-state index contributed by atoms with van der Waals surface area (Å²) in [6, 6.07) is 26.3. The zero-order chi connectivity index (χ0) is 27.8. The van der Waals surface area contributed by atoms with Crippen LogP contribution in [0, 0.1) is 11.8 Å². The number of nitrogens with zero attached hydrogens (tertiary/aromatic N) is 1. The minimum atomic E-state index is -1.01. The van der Waals surface area contributed by atoms with Crippen molar-refractivity contribution in [2.75, 3.05) is 19.6 Å². The molecule has 4 rings (SSSR count). The van der Waals surface area contributed by atoms with Crippen molar-refractivity contribution in [3.63, 3.8) is 0 Å². The molecule has 0 unspecified atom stereocenters. The van der Waals surface area contributed by atoms with Crippen molar-refractivity contribution in [2.24, 2.45) is 11.8 Å². The second-order valence-corrected chi connectivity index (χ2v) is 11.2. The zero-order valence-electron chi connectivity index (χ0n) is 22.9. The van der Waals surface area contributed by atoms with Gasteiger partial charge in [0.15, 0.2) is 0 Å². The highest BCUT2D eigenvalue weighted by Crippen LogP contribution is 2.40. The van der Waals surface area contributed by atoms with Gasteiger partial charge >= 0.3 is 5.97 Å². The van der Waals surface area contributed by atoms with E-state index in [1.54, 1.807) is 6.07 Å². The Bertz CT molecular complexity index is 1230. The highest BCUT2D eigenvalue weighted by atomic mass is 16.4. The van der Waals surface area contributed by atoms with Gasteiger partial charge in [-0.25, -0.2) is 4.79 Å². The summed E-state index contributed by atoms with van der Waals surface area (Å²) in [5.74, 6) is -1.00. The number of carboxylic acid groups (broad SMARTS) is 1. The maximum absolute atomic E-state index is 13.6. The third-order valence-electron chi connectivity index (χ3n) is 8.43. The molecule has 1 amide bonds. The summed E-state index contributed by atoms with van der Waals surface area (Å²) in [7, 11) is 0. The first-order valence-corrected chi connectivity index (χ1v) is 13.9. The summed E-state index contributed by atoms with van der Waals surface area (Å²) in [5, 5.41) is 22.8. The number of rotatable bonds is 11. The maximum atomic E-state index is 13.6. The number of piperidine rings is 1. The van der Waals surface area contributed by atoms with Crippen molar-refractivity contribution in [1.29, 1.82) is 0 Å². The molecular formula is C33H40N2O4. The maximum Gasteiger partial charge on any atom is 0.326 e. The van der Waals surface area contributed by atoms with Crippen LogP contribution in [-0.4, -0.2) is 52.7 Å². The summed E-state index contributed by atoms with van der Waals surface area (Å²) in [6.45, 7) is 6.69. The average molecular weight is 529 g/mol. The first-order valence-electron chi connectivity index (χ1n) is 13.9. The number of carbonyl (C=O) groups excluding carboxylic acids is 1. The van der Waals surface area contributed by atoms with E-state index in [9.17, 15) is 19.8 Å². The van der Waals surface area contributed by atoms with E-state index in [0.29, 0.717) is 31.7 Å². The summed E-state index contributed by atoms with van der Waals surface area (Å²) in [4.78, 5) is 28.0. The second kappa shape index (κ2) is 12.9. The summed E-state index contributed by atoms with van der Waals surface area (Å²) in [5.41, 5.74) is 3.17. The number of amides is 1. The number of nitrogens with one attached hydrogen (secondary N) is 1. The SMILES string of the molecule is C[C@H]1CN(C[C@H](Cc2ccccc2)C(=O)N[C@@H](CCc2ccccc2)C(=O)O)CC[C@@]1(C)c1cccc(O)c1. The quantitative estimate of drug-likeness (QED) is 0.324. The van der Waals surface area contributed by atoms with Gasteiger partial charge in [-0.1, -0.05) is 86.6 Å². The van der Waals surface area contributed by atoms with Crippen LogP contribution in [0.5, 0.6) is 5.75 Å². The van der Waals surface area contributed by atoms with Gasteiger partial charge < -0.3 is 20.4 Å². The summed E-state index contributed by atoms with van der Waals surface area (Å²) >= 11 is 0. The van der Waals surface area contributed by atoms with E-state index in [0.717, 1.165) is 36.2 Å². The molecule has 1 saturated heterocycles. The molecule has 1 aliphatic heterocycles. The van der Waals surface area contributed by atoms with Crippen molar-refractivity contribution in [3.8, 4) is 5.75 Å². The fourth-order valence-electron chi connectivity index (χ4n) is 5.73. The van der Waals surface area contributed by atoms with Gasteiger partial charge in [0.25, 0.3) is 0 Å². The van der Waals surface area contributed by atoms with E-state index in [1.807, 2.05) is 72.8 Å². The zero-order valence-corrected chi connectivity index (χ0v) is 22.9. The number of likely N-dealkylation sites (tertiary alicyclic amines) is 1. The Hall–Kier alpha value is -3.64. The average Bonchev–Trinajstić information content (AvgIpc) is 2.93. The molecule has 3 aromatic carbocycles. The van der Waals surface area contributed by atoms with E-state index >= 15 is 0 Å². The normalized spacial score (nSPS) is 21.1.